The standard InChI is InChI=1S/C19H18N2O5/c1-12-6-4-5-7-16(12)18-20-17(26-21-18)11-25-19(22)13-8-14(23-2)10-15(9-13)24-3/h4-10H,11H2,1-3H3. The van der Waals surface area contributed by atoms with Crippen molar-refractivity contribution in [2.45, 2.75) is 13.5 Å². The van der Waals surface area contributed by atoms with Gasteiger partial charge in [-0.25, -0.2) is 4.79 Å². The average molecular weight is 354 g/mol. The van der Waals surface area contributed by atoms with Gasteiger partial charge in [-0.1, -0.05) is 29.4 Å². The largest absolute Gasteiger partial charge is 0.497 e. The third-order valence-corrected chi connectivity index (χ3v) is 3.77. The molecule has 0 bridgehead atoms. The quantitative estimate of drug-likeness (QED) is 0.627. The molecule has 0 atom stereocenters. The molecule has 0 saturated heterocycles. The molecule has 0 aliphatic carbocycles. The van der Waals surface area contributed by atoms with E-state index >= 15 is 0 Å². The number of hydrogen-bond donors (Lipinski definition) is 0. The van der Waals surface area contributed by atoms with Crippen LogP contribution in [0.15, 0.2) is 47.0 Å². The van der Waals surface area contributed by atoms with Crippen LogP contribution in [0.1, 0.15) is 21.8 Å². The molecule has 0 amide bonds. The highest BCUT2D eigenvalue weighted by molar-refractivity contribution is 5.90. The Morgan fingerprint density at radius 3 is 2.42 bits per heavy atom. The second-order valence-electron chi connectivity index (χ2n) is 5.50. The summed E-state index contributed by atoms with van der Waals surface area (Å²) in [5.41, 5.74) is 2.20. The van der Waals surface area contributed by atoms with Gasteiger partial charge in [-0.05, 0) is 24.6 Å². The van der Waals surface area contributed by atoms with Crippen molar-refractivity contribution in [1.29, 1.82) is 0 Å². The fraction of sp³-hybridized carbons (Fsp3) is 0.211. The van der Waals surface area contributed by atoms with Gasteiger partial charge in [0.1, 0.15) is 11.5 Å². The summed E-state index contributed by atoms with van der Waals surface area (Å²) in [4.78, 5) is 16.5. The molecule has 3 rings (SSSR count). The molecule has 26 heavy (non-hydrogen) atoms. The summed E-state index contributed by atoms with van der Waals surface area (Å²) in [6.07, 6.45) is 0. The molecule has 1 heterocycles. The number of aromatic nitrogens is 2. The zero-order valence-corrected chi connectivity index (χ0v) is 14.7. The monoisotopic (exact) mass is 354 g/mol. The summed E-state index contributed by atoms with van der Waals surface area (Å²) in [7, 11) is 3.02. The number of rotatable bonds is 6. The van der Waals surface area contributed by atoms with Crippen LogP contribution in [-0.2, 0) is 11.3 Å². The van der Waals surface area contributed by atoms with Gasteiger partial charge in [0, 0.05) is 11.6 Å². The lowest BCUT2D eigenvalue weighted by atomic mass is 10.1. The lowest BCUT2D eigenvalue weighted by Crippen LogP contribution is -2.06. The minimum atomic E-state index is -0.544. The number of nitrogens with zero attached hydrogens (tertiary/aromatic N) is 2. The highest BCUT2D eigenvalue weighted by Crippen LogP contribution is 2.23. The van der Waals surface area contributed by atoms with E-state index in [-0.39, 0.29) is 12.5 Å². The summed E-state index contributed by atoms with van der Waals surface area (Å²) in [5, 5.41) is 3.94. The minimum absolute atomic E-state index is 0.128. The lowest BCUT2D eigenvalue weighted by molar-refractivity contribution is 0.0429. The zero-order chi connectivity index (χ0) is 18.5. The molecule has 0 saturated carbocycles. The first-order valence-electron chi connectivity index (χ1n) is 7.89. The molecule has 2 aromatic carbocycles. The van der Waals surface area contributed by atoms with E-state index in [4.69, 9.17) is 18.7 Å². The zero-order valence-electron chi connectivity index (χ0n) is 14.7. The van der Waals surface area contributed by atoms with E-state index < -0.39 is 5.97 Å². The van der Waals surface area contributed by atoms with Crippen LogP contribution in [0.3, 0.4) is 0 Å². The Labute approximate surface area is 150 Å². The molecule has 0 N–H and O–H groups in total. The van der Waals surface area contributed by atoms with Gasteiger partial charge in [-0.15, -0.1) is 0 Å². The summed E-state index contributed by atoms with van der Waals surface area (Å²) >= 11 is 0. The van der Waals surface area contributed by atoms with Gasteiger partial charge < -0.3 is 18.7 Å². The summed E-state index contributed by atoms with van der Waals surface area (Å²) in [5.74, 6) is 1.12. The molecule has 0 fully saturated rings. The summed E-state index contributed by atoms with van der Waals surface area (Å²) in [6.45, 7) is 1.83. The maximum absolute atomic E-state index is 12.3. The molecule has 3 aromatic rings. The predicted molar refractivity (Wildman–Crippen MR) is 93.1 cm³/mol. The van der Waals surface area contributed by atoms with Gasteiger partial charge in [0.05, 0.1) is 19.8 Å². The Morgan fingerprint density at radius 2 is 1.77 bits per heavy atom. The number of methoxy groups -OCH3 is 2. The van der Waals surface area contributed by atoms with Crippen molar-refractivity contribution in [1.82, 2.24) is 10.1 Å². The van der Waals surface area contributed by atoms with E-state index in [0.717, 1.165) is 11.1 Å². The third kappa shape index (κ3) is 3.83. The lowest BCUT2D eigenvalue weighted by Gasteiger charge is -2.07. The van der Waals surface area contributed by atoms with E-state index in [1.54, 1.807) is 18.2 Å². The Balaban J connectivity index is 1.70. The normalized spacial score (nSPS) is 10.4. The second-order valence-corrected chi connectivity index (χ2v) is 5.50. The molecule has 0 aliphatic rings. The Hall–Kier alpha value is -3.35. The molecule has 134 valence electrons. The number of esters is 1. The van der Waals surface area contributed by atoms with Crippen LogP contribution < -0.4 is 9.47 Å². The van der Waals surface area contributed by atoms with E-state index in [1.807, 2.05) is 31.2 Å². The second kappa shape index (κ2) is 7.69. The van der Waals surface area contributed by atoms with Crippen LogP contribution in [0.5, 0.6) is 11.5 Å². The highest BCUT2D eigenvalue weighted by Gasteiger charge is 2.15. The smallest absolute Gasteiger partial charge is 0.338 e. The molecule has 0 radical (unpaired) electrons. The highest BCUT2D eigenvalue weighted by atomic mass is 16.6. The van der Waals surface area contributed by atoms with E-state index in [1.165, 1.54) is 14.2 Å². The van der Waals surface area contributed by atoms with E-state index in [0.29, 0.717) is 22.9 Å². The number of benzene rings is 2. The van der Waals surface area contributed by atoms with Crippen molar-refractivity contribution < 1.29 is 23.5 Å². The van der Waals surface area contributed by atoms with Crippen LogP contribution in [-0.4, -0.2) is 30.3 Å². The van der Waals surface area contributed by atoms with E-state index in [9.17, 15) is 4.79 Å². The van der Waals surface area contributed by atoms with Crippen molar-refractivity contribution in [2.75, 3.05) is 14.2 Å². The molecule has 1 aromatic heterocycles. The number of hydrogen-bond acceptors (Lipinski definition) is 7. The molecule has 0 unspecified atom stereocenters. The van der Waals surface area contributed by atoms with Crippen molar-refractivity contribution in [2.24, 2.45) is 0 Å². The van der Waals surface area contributed by atoms with Gasteiger partial charge in [-0.2, -0.15) is 4.98 Å². The average Bonchev–Trinajstić information content (AvgIpc) is 3.14. The molecular weight excluding hydrogens is 336 g/mol. The Kier molecular flexibility index (Phi) is 5.17. The van der Waals surface area contributed by atoms with Gasteiger partial charge in [0.25, 0.3) is 5.89 Å². The molecule has 0 aliphatic heterocycles. The van der Waals surface area contributed by atoms with Gasteiger partial charge in [-0.3, -0.25) is 0 Å². The third-order valence-electron chi connectivity index (χ3n) is 3.77. The molecule has 7 heteroatoms. The van der Waals surface area contributed by atoms with Crippen molar-refractivity contribution in [3.05, 3.63) is 59.5 Å². The maximum atomic E-state index is 12.3. The number of aryl methyl sites for hydroxylation is 1. The van der Waals surface area contributed by atoms with Crippen LogP contribution in [0.25, 0.3) is 11.4 Å². The molecular formula is C19H18N2O5. The first-order valence-corrected chi connectivity index (χ1v) is 7.89. The number of carbonyl (C=O) groups is 1. The maximum Gasteiger partial charge on any atom is 0.338 e. The van der Waals surface area contributed by atoms with Crippen molar-refractivity contribution in [3.8, 4) is 22.9 Å². The SMILES string of the molecule is COc1cc(OC)cc(C(=O)OCc2nc(-c3ccccc3C)no2)c1. The minimum Gasteiger partial charge on any atom is -0.497 e. The Bertz CT molecular complexity index is 898. The van der Waals surface area contributed by atoms with Crippen LogP contribution in [0.4, 0.5) is 0 Å². The summed E-state index contributed by atoms with van der Waals surface area (Å²) < 4.78 is 20.7. The topological polar surface area (TPSA) is 83.7 Å². The molecule has 0 spiro atoms. The first-order chi connectivity index (χ1) is 12.6. The number of carbonyl (C=O) groups excluding carboxylic acids is 1. The Morgan fingerprint density at radius 1 is 1.08 bits per heavy atom. The number of ether oxygens (including phenoxy) is 3. The van der Waals surface area contributed by atoms with Crippen LogP contribution in [0.2, 0.25) is 0 Å². The first kappa shape index (κ1) is 17.5. The molecule has 7 nitrogen and oxygen atoms in total. The summed E-state index contributed by atoms with van der Waals surface area (Å²) in [6, 6.07) is 12.5. The van der Waals surface area contributed by atoms with Crippen LogP contribution in [0, 0.1) is 6.92 Å². The fourth-order valence-electron chi connectivity index (χ4n) is 2.38. The van der Waals surface area contributed by atoms with E-state index in [2.05, 4.69) is 10.1 Å². The van der Waals surface area contributed by atoms with Crippen molar-refractivity contribution in [3.63, 3.8) is 0 Å². The predicted octanol–water partition coefficient (Wildman–Crippen LogP) is 3.42. The van der Waals surface area contributed by atoms with Crippen LogP contribution >= 0.6 is 0 Å². The van der Waals surface area contributed by atoms with Gasteiger partial charge in [0.2, 0.25) is 5.82 Å². The van der Waals surface area contributed by atoms with Gasteiger partial charge in [0.15, 0.2) is 6.61 Å². The van der Waals surface area contributed by atoms with Gasteiger partial charge >= 0.3 is 5.97 Å². The fourth-order valence-corrected chi connectivity index (χ4v) is 2.38. The van der Waals surface area contributed by atoms with Crippen molar-refractivity contribution >= 4 is 5.97 Å².